The Labute approximate surface area is 164 Å². The third kappa shape index (κ3) is 5.40. The lowest BCUT2D eigenvalue weighted by Crippen LogP contribution is -2.47. The number of carbonyl (C=O) groups is 1. The maximum Gasteiger partial charge on any atom is 0.315 e. The van der Waals surface area contributed by atoms with E-state index in [0.29, 0.717) is 5.56 Å². The van der Waals surface area contributed by atoms with Crippen molar-refractivity contribution in [1.29, 1.82) is 0 Å². The van der Waals surface area contributed by atoms with Crippen LogP contribution in [0.4, 0.5) is 10.5 Å². The third-order valence-electron chi connectivity index (χ3n) is 4.45. The molecule has 0 saturated heterocycles. The fourth-order valence-electron chi connectivity index (χ4n) is 2.70. The van der Waals surface area contributed by atoms with Crippen LogP contribution >= 0.6 is 0 Å². The van der Waals surface area contributed by atoms with E-state index in [1.807, 2.05) is 45.0 Å². The van der Waals surface area contributed by atoms with Crippen LogP contribution in [0.5, 0.6) is 0 Å². The molecule has 2 aromatic rings. The van der Waals surface area contributed by atoms with Gasteiger partial charge in [-0.2, -0.15) is 0 Å². The van der Waals surface area contributed by atoms with E-state index in [1.54, 1.807) is 0 Å². The highest BCUT2D eigenvalue weighted by molar-refractivity contribution is 5.75. The Bertz CT molecular complexity index is 875. The number of nitro groups is 1. The number of non-ortho nitro benzene ring substituents is 1. The monoisotopic (exact) mass is 383 g/mol. The van der Waals surface area contributed by atoms with Gasteiger partial charge in [-0.25, -0.2) is 4.79 Å². The van der Waals surface area contributed by atoms with Crippen LogP contribution in [0.15, 0.2) is 55.1 Å². The molecule has 0 radical (unpaired) electrons. The molecule has 3 N–H and O–H groups in total. The summed E-state index contributed by atoms with van der Waals surface area (Å²) in [6, 6.07) is 12.9. The average Bonchev–Trinajstić information content (AvgIpc) is 2.66. The van der Waals surface area contributed by atoms with Gasteiger partial charge in [0.1, 0.15) is 0 Å². The Kier molecular flexibility index (Phi) is 6.53. The Morgan fingerprint density at radius 2 is 1.89 bits per heavy atom. The summed E-state index contributed by atoms with van der Waals surface area (Å²) < 4.78 is 0. The van der Waals surface area contributed by atoms with Gasteiger partial charge in [0, 0.05) is 18.7 Å². The fourth-order valence-corrected chi connectivity index (χ4v) is 2.70. The summed E-state index contributed by atoms with van der Waals surface area (Å²) >= 11 is 0. The molecule has 0 aliphatic rings. The second-order valence-electron chi connectivity index (χ2n) is 7.19. The first kappa shape index (κ1) is 21.1. The summed E-state index contributed by atoms with van der Waals surface area (Å²) in [4.78, 5) is 22.5. The molecule has 7 nitrogen and oxygen atoms in total. The highest BCUT2D eigenvalue weighted by Gasteiger charge is 2.23. The van der Waals surface area contributed by atoms with E-state index < -0.39 is 22.6 Å². The van der Waals surface area contributed by atoms with E-state index in [2.05, 4.69) is 17.2 Å². The van der Waals surface area contributed by atoms with Crippen LogP contribution in [-0.4, -0.2) is 22.6 Å². The quantitative estimate of drug-likeness (QED) is 0.498. The van der Waals surface area contributed by atoms with Gasteiger partial charge in [0.25, 0.3) is 5.69 Å². The van der Waals surface area contributed by atoms with Crippen LogP contribution < -0.4 is 10.6 Å². The van der Waals surface area contributed by atoms with E-state index in [4.69, 9.17) is 0 Å². The molecular formula is C21H25N3O4. The zero-order valence-corrected chi connectivity index (χ0v) is 16.2. The number of nitro benzene ring substituents is 1. The molecule has 0 aliphatic carbocycles. The minimum atomic E-state index is -0.971. The highest BCUT2D eigenvalue weighted by atomic mass is 16.6. The molecule has 148 valence electrons. The largest absolute Gasteiger partial charge is 0.387 e. The molecule has 28 heavy (non-hydrogen) atoms. The number of rotatable bonds is 7. The standard InChI is InChI=1S/C21H25N3O4/c1-14(2)16-6-5-7-17(12-16)21(3,4)23-20(26)22-13-19(25)15-8-10-18(11-9-15)24(27)28/h5-12,19,25H,1,13H2,2-4H3,(H2,22,23,26)/t19-/m0/s1. The fraction of sp³-hybridized carbons (Fsp3) is 0.286. The first-order valence-corrected chi connectivity index (χ1v) is 8.85. The van der Waals surface area contributed by atoms with Gasteiger partial charge in [0.15, 0.2) is 0 Å². The van der Waals surface area contributed by atoms with Crippen molar-refractivity contribution in [1.82, 2.24) is 10.6 Å². The van der Waals surface area contributed by atoms with Gasteiger partial charge in [-0.05, 0) is 55.7 Å². The molecule has 0 bridgehead atoms. The van der Waals surface area contributed by atoms with Gasteiger partial charge in [0.05, 0.1) is 16.6 Å². The molecule has 0 aromatic heterocycles. The Balaban J connectivity index is 1.96. The van der Waals surface area contributed by atoms with Crippen molar-refractivity contribution in [2.24, 2.45) is 0 Å². The number of hydrogen-bond acceptors (Lipinski definition) is 4. The number of allylic oxidation sites excluding steroid dienone is 1. The van der Waals surface area contributed by atoms with Crippen molar-refractivity contribution in [3.8, 4) is 0 Å². The van der Waals surface area contributed by atoms with Crippen LogP contribution in [0.1, 0.15) is 43.6 Å². The molecule has 0 aliphatic heterocycles. The Hall–Kier alpha value is -3.19. The number of aliphatic hydroxyl groups is 1. The number of carbonyl (C=O) groups excluding carboxylic acids is 1. The molecule has 2 aromatic carbocycles. The van der Waals surface area contributed by atoms with Gasteiger partial charge in [-0.3, -0.25) is 10.1 Å². The van der Waals surface area contributed by atoms with Crippen molar-refractivity contribution < 1.29 is 14.8 Å². The average molecular weight is 383 g/mol. The number of aliphatic hydroxyl groups excluding tert-OH is 1. The molecular weight excluding hydrogens is 358 g/mol. The van der Waals surface area contributed by atoms with Crippen molar-refractivity contribution in [2.75, 3.05) is 6.54 Å². The number of urea groups is 1. The summed E-state index contributed by atoms with van der Waals surface area (Å²) in [5, 5.41) is 26.4. The molecule has 0 heterocycles. The molecule has 2 rings (SSSR count). The zero-order chi connectivity index (χ0) is 20.9. The lowest BCUT2D eigenvalue weighted by molar-refractivity contribution is -0.384. The lowest BCUT2D eigenvalue weighted by Gasteiger charge is -2.28. The molecule has 0 spiro atoms. The number of nitrogens with zero attached hydrogens (tertiary/aromatic N) is 1. The van der Waals surface area contributed by atoms with E-state index >= 15 is 0 Å². The lowest BCUT2D eigenvalue weighted by atomic mass is 9.92. The maximum absolute atomic E-state index is 12.3. The molecule has 0 unspecified atom stereocenters. The smallest absolute Gasteiger partial charge is 0.315 e. The zero-order valence-electron chi connectivity index (χ0n) is 16.2. The first-order valence-electron chi connectivity index (χ1n) is 8.85. The van der Waals surface area contributed by atoms with Crippen LogP contribution in [0.2, 0.25) is 0 Å². The topological polar surface area (TPSA) is 104 Å². The number of amides is 2. The van der Waals surface area contributed by atoms with Crippen LogP contribution in [-0.2, 0) is 5.54 Å². The van der Waals surface area contributed by atoms with Gasteiger partial charge < -0.3 is 15.7 Å². The minimum absolute atomic E-state index is 0.0223. The van der Waals surface area contributed by atoms with Gasteiger partial charge in [-0.15, -0.1) is 0 Å². The highest BCUT2D eigenvalue weighted by Crippen LogP contribution is 2.23. The van der Waals surface area contributed by atoms with E-state index in [9.17, 15) is 20.0 Å². The van der Waals surface area contributed by atoms with Crippen LogP contribution in [0.3, 0.4) is 0 Å². The van der Waals surface area contributed by atoms with E-state index in [-0.39, 0.29) is 12.2 Å². The van der Waals surface area contributed by atoms with Crippen molar-refractivity contribution in [3.05, 3.63) is 81.9 Å². The first-order chi connectivity index (χ1) is 13.1. The number of hydrogen-bond donors (Lipinski definition) is 3. The molecule has 7 heteroatoms. The second kappa shape index (κ2) is 8.67. The SMILES string of the molecule is C=C(C)c1cccc(C(C)(C)NC(=O)NC[C@H](O)c2ccc([N+](=O)[O-])cc2)c1. The Morgan fingerprint density at radius 1 is 1.25 bits per heavy atom. The normalized spacial score (nSPS) is 12.1. The van der Waals surface area contributed by atoms with Gasteiger partial charge in [0.2, 0.25) is 0 Å². The van der Waals surface area contributed by atoms with Crippen molar-refractivity contribution in [2.45, 2.75) is 32.4 Å². The van der Waals surface area contributed by atoms with Gasteiger partial charge >= 0.3 is 6.03 Å². The van der Waals surface area contributed by atoms with Crippen molar-refractivity contribution in [3.63, 3.8) is 0 Å². The predicted molar refractivity (Wildman–Crippen MR) is 109 cm³/mol. The molecule has 0 saturated carbocycles. The number of nitrogens with one attached hydrogen (secondary N) is 2. The predicted octanol–water partition coefficient (Wildman–Crippen LogP) is 3.90. The van der Waals surface area contributed by atoms with E-state index in [0.717, 1.165) is 16.7 Å². The summed E-state index contributed by atoms with van der Waals surface area (Å²) in [5.41, 5.74) is 2.67. The summed E-state index contributed by atoms with van der Waals surface area (Å²) in [6.07, 6.45) is -0.971. The maximum atomic E-state index is 12.3. The van der Waals surface area contributed by atoms with Crippen LogP contribution in [0.25, 0.3) is 5.57 Å². The van der Waals surface area contributed by atoms with Crippen LogP contribution in [0, 0.1) is 10.1 Å². The Morgan fingerprint density at radius 3 is 2.46 bits per heavy atom. The molecule has 2 amide bonds. The molecule has 1 atom stereocenters. The summed E-state index contributed by atoms with van der Waals surface area (Å²) in [6.45, 7) is 9.61. The second-order valence-corrected chi connectivity index (χ2v) is 7.19. The third-order valence-corrected chi connectivity index (χ3v) is 4.45. The van der Waals surface area contributed by atoms with Gasteiger partial charge in [-0.1, -0.05) is 30.4 Å². The van der Waals surface area contributed by atoms with Crippen molar-refractivity contribution >= 4 is 17.3 Å². The summed E-state index contributed by atoms with van der Waals surface area (Å²) in [7, 11) is 0. The van der Waals surface area contributed by atoms with E-state index in [1.165, 1.54) is 24.3 Å². The minimum Gasteiger partial charge on any atom is -0.387 e. The number of benzene rings is 2. The molecule has 0 fully saturated rings. The summed E-state index contributed by atoms with van der Waals surface area (Å²) in [5.74, 6) is 0.